The molecule has 0 N–H and O–H groups in total. The first-order chi connectivity index (χ1) is 6.65. The van der Waals surface area contributed by atoms with Crippen molar-refractivity contribution in [1.82, 2.24) is 0 Å². The Morgan fingerprint density at radius 1 is 1.64 bits per heavy atom. The lowest BCUT2D eigenvalue weighted by Gasteiger charge is -2.08. The molecule has 0 saturated carbocycles. The lowest BCUT2D eigenvalue weighted by atomic mass is 9.92. The second-order valence-electron chi connectivity index (χ2n) is 3.69. The molecule has 1 aromatic rings. The van der Waals surface area contributed by atoms with Crippen molar-refractivity contribution in [2.75, 3.05) is 0 Å². The van der Waals surface area contributed by atoms with Gasteiger partial charge in [-0.1, -0.05) is 13.8 Å². The molecule has 0 aliphatic carbocycles. The zero-order valence-electron chi connectivity index (χ0n) is 8.36. The second kappa shape index (κ2) is 4.61. The summed E-state index contributed by atoms with van der Waals surface area (Å²) in [4.78, 5) is 11.7. The fourth-order valence-corrected chi connectivity index (χ4v) is 1.30. The highest BCUT2D eigenvalue weighted by molar-refractivity contribution is 5.98. The summed E-state index contributed by atoms with van der Waals surface area (Å²) in [6.07, 6.45) is 3.42. The SMILES string of the molecule is CC(C)CC(C#N)C(=O)c1ccoc1. The molecule has 1 aromatic heterocycles. The van der Waals surface area contributed by atoms with Gasteiger partial charge in [-0.05, 0) is 18.4 Å². The van der Waals surface area contributed by atoms with Crippen molar-refractivity contribution in [3.05, 3.63) is 24.2 Å². The molecule has 0 aromatic carbocycles. The summed E-state index contributed by atoms with van der Waals surface area (Å²) in [7, 11) is 0. The summed E-state index contributed by atoms with van der Waals surface area (Å²) in [5, 5.41) is 8.84. The molecule has 0 bridgehead atoms. The van der Waals surface area contributed by atoms with Crippen LogP contribution >= 0.6 is 0 Å². The molecule has 1 rings (SSSR count). The Bertz CT molecular complexity index is 333. The predicted molar refractivity (Wildman–Crippen MR) is 51.6 cm³/mol. The Labute approximate surface area is 83.3 Å². The molecular weight excluding hydrogens is 178 g/mol. The van der Waals surface area contributed by atoms with Crippen LogP contribution in [0.2, 0.25) is 0 Å². The van der Waals surface area contributed by atoms with Crippen molar-refractivity contribution in [1.29, 1.82) is 5.26 Å². The number of hydrogen-bond donors (Lipinski definition) is 0. The summed E-state index contributed by atoms with van der Waals surface area (Å²) in [5.74, 6) is -0.349. The summed E-state index contributed by atoms with van der Waals surface area (Å²) >= 11 is 0. The second-order valence-corrected chi connectivity index (χ2v) is 3.69. The van der Waals surface area contributed by atoms with Crippen molar-refractivity contribution in [2.45, 2.75) is 20.3 Å². The number of ketones is 1. The smallest absolute Gasteiger partial charge is 0.183 e. The van der Waals surface area contributed by atoms with E-state index in [1.807, 2.05) is 19.9 Å². The van der Waals surface area contributed by atoms with E-state index in [2.05, 4.69) is 0 Å². The fourth-order valence-electron chi connectivity index (χ4n) is 1.30. The van der Waals surface area contributed by atoms with Gasteiger partial charge in [0.15, 0.2) is 5.78 Å². The minimum absolute atomic E-state index is 0.144. The van der Waals surface area contributed by atoms with E-state index in [-0.39, 0.29) is 5.78 Å². The molecule has 0 spiro atoms. The highest BCUT2D eigenvalue weighted by Crippen LogP contribution is 2.16. The molecule has 3 nitrogen and oxygen atoms in total. The molecule has 1 unspecified atom stereocenters. The number of Topliss-reactive ketones (excluding diaryl/α,β-unsaturated/α-hetero) is 1. The molecule has 1 atom stereocenters. The molecule has 14 heavy (non-hydrogen) atoms. The van der Waals surface area contributed by atoms with Crippen LogP contribution in [-0.2, 0) is 0 Å². The minimum atomic E-state index is -0.549. The van der Waals surface area contributed by atoms with Gasteiger partial charge in [0, 0.05) is 0 Å². The van der Waals surface area contributed by atoms with Gasteiger partial charge in [-0.15, -0.1) is 0 Å². The number of rotatable bonds is 4. The third-order valence-corrected chi connectivity index (χ3v) is 1.99. The van der Waals surface area contributed by atoms with Gasteiger partial charge >= 0.3 is 0 Å². The molecule has 0 fully saturated rings. The van der Waals surface area contributed by atoms with Crippen LogP contribution in [-0.4, -0.2) is 5.78 Å². The van der Waals surface area contributed by atoms with Crippen molar-refractivity contribution in [3.63, 3.8) is 0 Å². The van der Waals surface area contributed by atoms with E-state index < -0.39 is 5.92 Å². The molecule has 0 aliphatic rings. The van der Waals surface area contributed by atoms with Crippen molar-refractivity contribution in [2.24, 2.45) is 11.8 Å². The maximum atomic E-state index is 11.7. The quantitative estimate of drug-likeness (QED) is 0.687. The summed E-state index contributed by atoms with van der Waals surface area (Å²) in [6.45, 7) is 3.99. The first kappa shape index (κ1) is 10.5. The topological polar surface area (TPSA) is 54.0 Å². The van der Waals surface area contributed by atoms with Gasteiger partial charge in [0.25, 0.3) is 0 Å². The van der Waals surface area contributed by atoms with Gasteiger partial charge in [0.05, 0.1) is 17.9 Å². The van der Waals surface area contributed by atoms with Crippen LogP contribution in [0.3, 0.4) is 0 Å². The van der Waals surface area contributed by atoms with Gasteiger partial charge in [-0.2, -0.15) is 5.26 Å². The van der Waals surface area contributed by atoms with E-state index in [1.165, 1.54) is 12.5 Å². The van der Waals surface area contributed by atoms with Gasteiger partial charge in [0.2, 0.25) is 0 Å². The predicted octanol–water partition coefficient (Wildman–Crippen LogP) is 2.65. The average molecular weight is 191 g/mol. The van der Waals surface area contributed by atoms with E-state index >= 15 is 0 Å². The van der Waals surface area contributed by atoms with Crippen LogP contribution in [0.25, 0.3) is 0 Å². The Balaban J connectivity index is 2.72. The monoisotopic (exact) mass is 191 g/mol. The Hall–Kier alpha value is -1.56. The Morgan fingerprint density at radius 2 is 2.36 bits per heavy atom. The zero-order chi connectivity index (χ0) is 10.6. The number of hydrogen-bond acceptors (Lipinski definition) is 3. The van der Waals surface area contributed by atoms with E-state index in [0.717, 1.165) is 0 Å². The summed E-state index contributed by atoms with van der Waals surface area (Å²) in [6, 6.07) is 3.62. The van der Waals surface area contributed by atoms with Crippen molar-refractivity contribution >= 4 is 5.78 Å². The summed E-state index contributed by atoms with van der Waals surface area (Å²) < 4.78 is 4.81. The molecule has 1 heterocycles. The number of furan rings is 1. The molecule has 0 aliphatic heterocycles. The number of nitrogens with zero attached hydrogens (tertiary/aromatic N) is 1. The molecule has 0 amide bonds. The molecule has 0 saturated heterocycles. The fraction of sp³-hybridized carbons (Fsp3) is 0.455. The third-order valence-electron chi connectivity index (χ3n) is 1.99. The molecule has 3 heteroatoms. The van der Waals surface area contributed by atoms with Crippen LogP contribution in [0, 0.1) is 23.2 Å². The first-order valence-corrected chi connectivity index (χ1v) is 4.61. The highest BCUT2D eigenvalue weighted by atomic mass is 16.3. The first-order valence-electron chi connectivity index (χ1n) is 4.61. The van der Waals surface area contributed by atoms with Crippen LogP contribution in [0.1, 0.15) is 30.6 Å². The van der Waals surface area contributed by atoms with E-state index in [1.54, 1.807) is 6.07 Å². The number of carbonyl (C=O) groups is 1. The maximum absolute atomic E-state index is 11.7. The molecular formula is C11H13NO2. The maximum Gasteiger partial charge on any atom is 0.183 e. The third kappa shape index (κ3) is 2.46. The average Bonchev–Trinajstić information content (AvgIpc) is 2.65. The van der Waals surface area contributed by atoms with E-state index in [0.29, 0.717) is 17.9 Å². The Kier molecular flexibility index (Phi) is 3.47. The van der Waals surface area contributed by atoms with Crippen molar-refractivity contribution < 1.29 is 9.21 Å². The summed E-state index contributed by atoms with van der Waals surface area (Å²) in [5.41, 5.74) is 0.484. The van der Waals surface area contributed by atoms with Gasteiger partial charge in [-0.25, -0.2) is 0 Å². The van der Waals surface area contributed by atoms with Crippen LogP contribution in [0.5, 0.6) is 0 Å². The normalized spacial score (nSPS) is 12.4. The number of nitriles is 1. The molecule has 74 valence electrons. The number of carbonyl (C=O) groups excluding carboxylic acids is 1. The van der Waals surface area contributed by atoms with E-state index in [4.69, 9.17) is 9.68 Å². The van der Waals surface area contributed by atoms with Crippen LogP contribution < -0.4 is 0 Å². The van der Waals surface area contributed by atoms with Crippen molar-refractivity contribution in [3.8, 4) is 6.07 Å². The van der Waals surface area contributed by atoms with Gasteiger partial charge in [0.1, 0.15) is 12.2 Å². The van der Waals surface area contributed by atoms with Gasteiger partial charge < -0.3 is 4.42 Å². The van der Waals surface area contributed by atoms with Crippen LogP contribution in [0.15, 0.2) is 23.0 Å². The van der Waals surface area contributed by atoms with Crippen LogP contribution in [0.4, 0.5) is 0 Å². The zero-order valence-corrected chi connectivity index (χ0v) is 8.36. The highest BCUT2D eigenvalue weighted by Gasteiger charge is 2.21. The molecule has 0 radical (unpaired) electrons. The van der Waals surface area contributed by atoms with Gasteiger partial charge in [-0.3, -0.25) is 4.79 Å². The lowest BCUT2D eigenvalue weighted by molar-refractivity contribution is 0.0936. The lowest BCUT2D eigenvalue weighted by Crippen LogP contribution is -2.14. The van der Waals surface area contributed by atoms with E-state index in [9.17, 15) is 4.79 Å². The standard InChI is InChI=1S/C11H13NO2/c1-8(2)5-10(6-12)11(13)9-3-4-14-7-9/h3-4,7-8,10H,5H2,1-2H3. The largest absolute Gasteiger partial charge is 0.472 e. The Morgan fingerprint density at radius 3 is 2.79 bits per heavy atom. The minimum Gasteiger partial charge on any atom is -0.472 e.